The van der Waals surface area contributed by atoms with Crippen LogP contribution in [0.2, 0.25) is 5.02 Å². The van der Waals surface area contributed by atoms with Crippen molar-refractivity contribution >= 4 is 17.5 Å². The molecule has 0 unspecified atom stereocenters. The summed E-state index contributed by atoms with van der Waals surface area (Å²) in [6.07, 6.45) is 1.26. The van der Waals surface area contributed by atoms with Crippen LogP contribution in [-0.2, 0) is 0 Å². The van der Waals surface area contributed by atoms with Gasteiger partial charge in [-0.25, -0.2) is 4.39 Å². The lowest BCUT2D eigenvalue weighted by molar-refractivity contribution is 0.0901. The van der Waals surface area contributed by atoms with E-state index in [-0.39, 0.29) is 17.5 Å². The van der Waals surface area contributed by atoms with Crippen molar-refractivity contribution in [3.05, 3.63) is 34.6 Å². The number of rotatable bonds is 4. The smallest absolute Gasteiger partial charge is 0.254 e. The van der Waals surface area contributed by atoms with Gasteiger partial charge in [-0.1, -0.05) is 25.4 Å². The molecule has 1 fully saturated rings. The Morgan fingerprint density at radius 3 is 2.64 bits per heavy atom. The van der Waals surface area contributed by atoms with Crippen molar-refractivity contribution in [2.24, 2.45) is 11.8 Å². The van der Waals surface area contributed by atoms with Crippen molar-refractivity contribution in [1.82, 2.24) is 10.2 Å². The van der Waals surface area contributed by atoms with Gasteiger partial charge in [0, 0.05) is 30.7 Å². The Morgan fingerprint density at radius 1 is 1.41 bits per heavy atom. The number of piperidine rings is 1. The van der Waals surface area contributed by atoms with E-state index in [2.05, 4.69) is 24.1 Å². The summed E-state index contributed by atoms with van der Waals surface area (Å²) >= 11 is 5.71. The zero-order valence-electron chi connectivity index (χ0n) is 13.4. The van der Waals surface area contributed by atoms with E-state index in [1.807, 2.05) is 6.92 Å². The van der Waals surface area contributed by atoms with Gasteiger partial charge in [-0.3, -0.25) is 4.79 Å². The van der Waals surface area contributed by atoms with Gasteiger partial charge in [0.2, 0.25) is 0 Å². The highest BCUT2D eigenvalue weighted by molar-refractivity contribution is 6.30. The number of hydrogen-bond donors (Lipinski definition) is 1. The molecule has 0 aliphatic carbocycles. The number of carbonyl (C=O) groups is 1. The second-order valence-corrected chi connectivity index (χ2v) is 7.10. The van der Waals surface area contributed by atoms with E-state index in [4.69, 9.17) is 11.6 Å². The summed E-state index contributed by atoms with van der Waals surface area (Å²) in [5.41, 5.74) is 0.0385. The summed E-state index contributed by atoms with van der Waals surface area (Å²) in [5, 5.41) is 3.16. The molecule has 0 aromatic heterocycles. The Kier molecular flexibility index (Phi) is 5.81. The second-order valence-electron chi connectivity index (χ2n) is 6.66. The number of likely N-dealkylation sites (tertiary alicyclic amines) is 1. The maximum Gasteiger partial charge on any atom is 0.254 e. The van der Waals surface area contributed by atoms with Gasteiger partial charge in [-0.15, -0.1) is 0 Å². The average Bonchev–Trinajstić information content (AvgIpc) is 2.36. The molecule has 1 amide bonds. The van der Waals surface area contributed by atoms with Crippen molar-refractivity contribution < 1.29 is 9.18 Å². The number of halogens is 2. The monoisotopic (exact) mass is 326 g/mol. The van der Waals surface area contributed by atoms with Gasteiger partial charge in [0.25, 0.3) is 5.91 Å². The van der Waals surface area contributed by atoms with Crippen molar-refractivity contribution in [2.45, 2.75) is 33.2 Å². The third-order valence-electron chi connectivity index (χ3n) is 4.03. The van der Waals surface area contributed by atoms with E-state index in [0.717, 1.165) is 25.7 Å². The molecule has 1 saturated heterocycles. The van der Waals surface area contributed by atoms with Crippen molar-refractivity contribution in [3.63, 3.8) is 0 Å². The fourth-order valence-corrected chi connectivity index (χ4v) is 3.51. The first-order chi connectivity index (χ1) is 10.3. The summed E-state index contributed by atoms with van der Waals surface area (Å²) in [6.45, 7) is 9.37. The summed E-state index contributed by atoms with van der Waals surface area (Å²) in [5.74, 6) is 0.387. The fourth-order valence-electron chi connectivity index (χ4n) is 3.35. The molecule has 5 heteroatoms. The number of benzene rings is 1. The topological polar surface area (TPSA) is 32.3 Å². The van der Waals surface area contributed by atoms with E-state index in [1.165, 1.54) is 18.6 Å². The number of nitrogens with zero attached hydrogens (tertiary/aromatic N) is 1. The minimum absolute atomic E-state index is 0.0277. The molecule has 2 rings (SSSR count). The highest BCUT2D eigenvalue weighted by Crippen LogP contribution is 2.21. The van der Waals surface area contributed by atoms with Crippen LogP contribution < -0.4 is 5.32 Å². The molecule has 1 heterocycles. The van der Waals surface area contributed by atoms with Gasteiger partial charge in [0.1, 0.15) is 5.82 Å². The van der Waals surface area contributed by atoms with Crippen LogP contribution in [0.25, 0.3) is 0 Å². The minimum Gasteiger partial charge on any atom is -0.348 e. The second kappa shape index (κ2) is 7.42. The summed E-state index contributed by atoms with van der Waals surface area (Å²) in [4.78, 5) is 14.5. The molecular weight excluding hydrogens is 303 g/mol. The van der Waals surface area contributed by atoms with E-state index in [9.17, 15) is 9.18 Å². The van der Waals surface area contributed by atoms with Gasteiger partial charge >= 0.3 is 0 Å². The van der Waals surface area contributed by atoms with Crippen LogP contribution in [0.15, 0.2) is 18.2 Å². The third-order valence-corrected chi connectivity index (χ3v) is 4.26. The van der Waals surface area contributed by atoms with Crippen LogP contribution in [-0.4, -0.2) is 36.5 Å². The van der Waals surface area contributed by atoms with Crippen molar-refractivity contribution in [3.8, 4) is 0 Å². The lowest BCUT2D eigenvalue weighted by Gasteiger charge is -2.36. The number of amides is 1. The first-order valence-corrected chi connectivity index (χ1v) is 8.21. The molecule has 1 aliphatic heterocycles. The van der Waals surface area contributed by atoms with E-state index in [0.29, 0.717) is 16.9 Å². The average molecular weight is 327 g/mol. The molecule has 3 atom stereocenters. The Morgan fingerprint density at radius 2 is 2.05 bits per heavy atom. The first kappa shape index (κ1) is 17.2. The van der Waals surface area contributed by atoms with E-state index < -0.39 is 5.82 Å². The fraction of sp³-hybridized carbons (Fsp3) is 0.588. The molecular formula is C17H24ClFN2O. The maximum absolute atomic E-state index is 13.8. The molecule has 1 aromatic rings. The highest BCUT2D eigenvalue weighted by Gasteiger charge is 2.23. The van der Waals surface area contributed by atoms with Crippen LogP contribution in [0.1, 0.15) is 37.6 Å². The van der Waals surface area contributed by atoms with Crippen LogP contribution in [0.3, 0.4) is 0 Å². The lowest BCUT2D eigenvalue weighted by atomic mass is 9.92. The minimum atomic E-state index is -0.586. The number of nitrogens with one attached hydrogen (secondary N) is 1. The first-order valence-electron chi connectivity index (χ1n) is 7.83. The highest BCUT2D eigenvalue weighted by atomic mass is 35.5. The number of carbonyl (C=O) groups excluding carboxylic acids is 1. The Balaban J connectivity index is 1.91. The Bertz CT molecular complexity index is 527. The molecule has 122 valence electrons. The van der Waals surface area contributed by atoms with Crippen molar-refractivity contribution in [1.29, 1.82) is 0 Å². The van der Waals surface area contributed by atoms with Crippen molar-refractivity contribution in [2.75, 3.05) is 19.6 Å². The SMILES string of the molecule is C[C@@H]1C[C@H](C)CN(C[C@H](C)NC(=O)c2ccc(Cl)cc2F)C1. The Hall–Kier alpha value is -1.13. The third kappa shape index (κ3) is 4.68. The molecule has 1 aliphatic rings. The standard InChI is InChI=1S/C17H24ClFN2O/c1-11-6-12(2)9-21(8-11)10-13(3)20-17(22)15-5-4-14(18)7-16(15)19/h4-5,7,11-13H,6,8-10H2,1-3H3,(H,20,22)/t11-,12+,13-/m0/s1. The molecule has 22 heavy (non-hydrogen) atoms. The zero-order chi connectivity index (χ0) is 16.3. The molecule has 3 nitrogen and oxygen atoms in total. The van der Waals surface area contributed by atoms with Gasteiger partial charge in [0.15, 0.2) is 0 Å². The molecule has 0 saturated carbocycles. The molecule has 0 bridgehead atoms. The predicted molar refractivity (Wildman–Crippen MR) is 87.7 cm³/mol. The van der Waals surface area contributed by atoms with Crippen LogP contribution >= 0.6 is 11.6 Å². The maximum atomic E-state index is 13.8. The lowest BCUT2D eigenvalue weighted by Crippen LogP contribution is -2.47. The molecule has 1 aromatic carbocycles. The molecule has 0 spiro atoms. The zero-order valence-corrected chi connectivity index (χ0v) is 14.2. The summed E-state index contributed by atoms with van der Waals surface area (Å²) < 4.78 is 13.8. The summed E-state index contributed by atoms with van der Waals surface area (Å²) in [7, 11) is 0. The van der Waals surface area contributed by atoms with Crippen LogP contribution in [0.5, 0.6) is 0 Å². The predicted octanol–water partition coefficient (Wildman–Crippen LogP) is 3.58. The molecule has 1 N–H and O–H groups in total. The van der Waals surface area contributed by atoms with E-state index >= 15 is 0 Å². The summed E-state index contributed by atoms with van der Waals surface area (Å²) in [6, 6.07) is 4.08. The van der Waals surface area contributed by atoms with Gasteiger partial charge in [-0.05, 0) is 43.4 Å². The quantitative estimate of drug-likeness (QED) is 0.917. The van der Waals surface area contributed by atoms with E-state index in [1.54, 1.807) is 0 Å². The van der Waals surface area contributed by atoms with Gasteiger partial charge in [-0.2, -0.15) is 0 Å². The largest absolute Gasteiger partial charge is 0.348 e. The van der Waals surface area contributed by atoms with Crippen LogP contribution in [0, 0.1) is 17.7 Å². The van der Waals surface area contributed by atoms with Crippen LogP contribution in [0.4, 0.5) is 4.39 Å². The number of hydrogen-bond acceptors (Lipinski definition) is 2. The normalized spacial score (nSPS) is 24.0. The molecule has 0 radical (unpaired) electrons. The Labute approximate surface area is 136 Å². The van der Waals surface area contributed by atoms with Gasteiger partial charge < -0.3 is 10.2 Å². The van der Waals surface area contributed by atoms with Gasteiger partial charge in [0.05, 0.1) is 5.56 Å².